The third-order valence-corrected chi connectivity index (χ3v) is 5.19. The molecule has 0 saturated heterocycles. The minimum Gasteiger partial charge on any atom is -0.344 e. The summed E-state index contributed by atoms with van der Waals surface area (Å²) in [5.74, 6) is -0.325. The van der Waals surface area contributed by atoms with E-state index in [1.807, 2.05) is 30.3 Å². The second-order valence-electron chi connectivity index (χ2n) is 6.24. The lowest BCUT2D eigenvalue weighted by atomic mass is 10.1. The number of benzene rings is 1. The molecule has 0 spiro atoms. The summed E-state index contributed by atoms with van der Waals surface area (Å²) in [5.41, 5.74) is 0.894. The second kappa shape index (κ2) is 6.65. The van der Waals surface area contributed by atoms with E-state index in [-0.39, 0.29) is 23.6 Å². The molecule has 8 nitrogen and oxygen atoms in total. The molecule has 0 atom stereocenters. The number of carbonyl (C=O) groups is 1. The van der Waals surface area contributed by atoms with Crippen LogP contribution in [0.15, 0.2) is 36.5 Å². The van der Waals surface area contributed by atoms with E-state index in [2.05, 4.69) is 31.9 Å². The van der Waals surface area contributed by atoms with Gasteiger partial charge in [0.2, 0.25) is 0 Å². The van der Waals surface area contributed by atoms with Gasteiger partial charge in [0.25, 0.3) is 5.91 Å². The smallest absolute Gasteiger partial charge is 0.273 e. The van der Waals surface area contributed by atoms with E-state index in [9.17, 15) is 4.79 Å². The number of rotatable bonds is 6. The molecule has 9 heteroatoms. The van der Waals surface area contributed by atoms with E-state index in [4.69, 9.17) is 5.26 Å². The summed E-state index contributed by atoms with van der Waals surface area (Å²) in [4.78, 5) is 12.2. The van der Waals surface area contributed by atoms with Gasteiger partial charge in [-0.05, 0) is 12.8 Å². The Balaban J connectivity index is 1.35. The maximum atomic E-state index is 12.2. The predicted octanol–water partition coefficient (Wildman–Crippen LogP) is 2.03. The molecule has 0 aliphatic heterocycles. The Hall–Kier alpha value is -3.12. The number of amides is 1. The van der Waals surface area contributed by atoms with Crippen molar-refractivity contribution in [3.05, 3.63) is 47.2 Å². The second-order valence-corrected chi connectivity index (χ2v) is 7.31. The predicted molar refractivity (Wildman–Crippen MR) is 93.8 cm³/mol. The molecular weight excluding hydrogens is 350 g/mol. The molecule has 130 valence electrons. The van der Waals surface area contributed by atoms with Crippen LogP contribution >= 0.6 is 11.3 Å². The minimum atomic E-state index is -0.332. The fraction of sp³-hybridized carbons (Fsp3) is 0.294. The van der Waals surface area contributed by atoms with Gasteiger partial charge in [-0.3, -0.25) is 9.48 Å². The number of carbonyl (C=O) groups excluding carboxylic acids is 1. The number of aromatic nitrogens is 5. The first kappa shape index (κ1) is 16.4. The van der Waals surface area contributed by atoms with Crippen molar-refractivity contribution < 1.29 is 4.79 Å². The third kappa shape index (κ3) is 3.45. The third-order valence-electron chi connectivity index (χ3n) is 4.21. The summed E-state index contributed by atoms with van der Waals surface area (Å²) in [7, 11) is 0. The van der Waals surface area contributed by atoms with Gasteiger partial charge in [0, 0.05) is 5.56 Å². The van der Waals surface area contributed by atoms with E-state index in [0.29, 0.717) is 11.6 Å². The van der Waals surface area contributed by atoms with Gasteiger partial charge in [0.05, 0.1) is 30.8 Å². The average Bonchev–Trinajstić information content (AvgIpc) is 3.08. The highest BCUT2D eigenvalue weighted by Gasteiger charge is 2.43. The lowest BCUT2D eigenvalue weighted by molar-refractivity contribution is 0.0945. The molecule has 1 saturated carbocycles. The fourth-order valence-electron chi connectivity index (χ4n) is 2.51. The molecule has 1 fully saturated rings. The number of nitriles is 1. The first-order valence-electron chi connectivity index (χ1n) is 8.15. The van der Waals surface area contributed by atoms with Gasteiger partial charge in [0.15, 0.2) is 5.69 Å². The van der Waals surface area contributed by atoms with Gasteiger partial charge in [-0.2, -0.15) is 5.26 Å². The molecule has 1 N–H and O–H groups in total. The fourth-order valence-corrected chi connectivity index (χ4v) is 3.30. The lowest BCUT2D eigenvalue weighted by Gasteiger charge is -2.03. The first-order valence-corrected chi connectivity index (χ1v) is 8.96. The van der Waals surface area contributed by atoms with Crippen LogP contribution < -0.4 is 5.32 Å². The summed E-state index contributed by atoms with van der Waals surface area (Å²) in [6.45, 7) is 0.749. The Morgan fingerprint density at radius 3 is 2.81 bits per heavy atom. The monoisotopic (exact) mass is 365 g/mol. The molecule has 1 aromatic carbocycles. The van der Waals surface area contributed by atoms with Gasteiger partial charge in [-0.25, -0.2) is 0 Å². The molecule has 0 bridgehead atoms. The molecule has 3 aromatic rings. The summed E-state index contributed by atoms with van der Waals surface area (Å²) in [6.07, 6.45) is 3.31. The van der Waals surface area contributed by atoms with E-state index in [1.54, 1.807) is 10.9 Å². The highest BCUT2D eigenvalue weighted by molar-refractivity contribution is 7.14. The first-order chi connectivity index (χ1) is 12.7. The van der Waals surface area contributed by atoms with Crippen molar-refractivity contribution in [3.8, 4) is 16.6 Å². The minimum absolute atomic E-state index is 0.228. The maximum absolute atomic E-state index is 12.2. The lowest BCUT2D eigenvalue weighted by Crippen LogP contribution is -2.23. The van der Waals surface area contributed by atoms with Crippen LogP contribution in [-0.2, 0) is 13.1 Å². The number of hydrogen-bond acceptors (Lipinski definition) is 7. The van der Waals surface area contributed by atoms with Crippen LogP contribution in [0.1, 0.15) is 28.3 Å². The molecule has 1 aliphatic rings. The Labute approximate surface area is 153 Å². The van der Waals surface area contributed by atoms with Crippen molar-refractivity contribution in [2.24, 2.45) is 5.41 Å². The highest BCUT2D eigenvalue weighted by atomic mass is 32.1. The zero-order valence-corrected chi connectivity index (χ0v) is 14.6. The molecule has 26 heavy (non-hydrogen) atoms. The van der Waals surface area contributed by atoms with Gasteiger partial charge in [-0.15, -0.1) is 15.3 Å². The molecule has 4 rings (SSSR count). The van der Waals surface area contributed by atoms with Crippen molar-refractivity contribution in [2.75, 3.05) is 0 Å². The van der Waals surface area contributed by atoms with Crippen LogP contribution in [0.3, 0.4) is 0 Å². The van der Waals surface area contributed by atoms with Crippen LogP contribution in [0.2, 0.25) is 0 Å². The number of nitrogens with one attached hydrogen (secondary N) is 1. The number of nitrogens with zero attached hydrogens (tertiary/aromatic N) is 6. The molecule has 2 aromatic heterocycles. The van der Waals surface area contributed by atoms with E-state index in [1.165, 1.54) is 11.3 Å². The van der Waals surface area contributed by atoms with Gasteiger partial charge < -0.3 is 5.32 Å². The Morgan fingerprint density at radius 2 is 2.08 bits per heavy atom. The van der Waals surface area contributed by atoms with Gasteiger partial charge in [-0.1, -0.05) is 46.9 Å². The zero-order valence-electron chi connectivity index (χ0n) is 13.8. The van der Waals surface area contributed by atoms with E-state index >= 15 is 0 Å². The zero-order chi connectivity index (χ0) is 18.0. The number of hydrogen-bond donors (Lipinski definition) is 1. The normalized spacial score (nSPS) is 14.6. The Morgan fingerprint density at radius 1 is 1.27 bits per heavy atom. The molecular formula is C17H15N7OS. The van der Waals surface area contributed by atoms with E-state index < -0.39 is 0 Å². The van der Waals surface area contributed by atoms with E-state index in [0.717, 1.165) is 23.4 Å². The summed E-state index contributed by atoms with van der Waals surface area (Å²) >= 11 is 1.43. The van der Waals surface area contributed by atoms with Crippen LogP contribution in [0.4, 0.5) is 0 Å². The summed E-state index contributed by atoms with van der Waals surface area (Å²) < 4.78 is 1.56. The standard InChI is InChI=1S/C17H15N7OS/c18-10-17(6-7-17)11-24-9-13(20-23-24)15(25)19-8-14-21-22-16(26-14)12-4-2-1-3-5-12/h1-5,9H,6-8,11H2,(H,19,25). The molecule has 0 radical (unpaired) electrons. The van der Waals surface area contributed by atoms with Crippen LogP contribution in [0.25, 0.3) is 10.6 Å². The largest absolute Gasteiger partial charge is 0.344 e. The van der Waals surface area contributed by atoms with Crippen LogP contribution in [0, 0.1) is 16.7 Å². The average molecular weight is 365 g/mol. The van der Waals surface area contributed by atoms with Crippen molar-refractivity contribution in [2.45, 2.75) is 25.9 Å². The van der Waals surface area contributed by atoms with Crippen LogP contribution in [-0.4, -0.2) is 31.1 Å². The highest BCUT2D eigenvalue weighted by Crippen LogP contribution is 2.46. The SMILES string of the molecule is N#CC1(Cn2cc(C(=O)NCc3nnc(-c4ccccc4)s3)nn2)CC1. The van der Waals surface area contributed by atoms with Gasteiger partial charge in [0.1, 0.15) is 10.0 Å². The molecule has 1 aliphatic carbocycles. The topological polar surface area (TPSA) is 109 Å². The summed E-state index contributed by atoms with van der Waals surface area (Å²) in [5, 5.41) is 29.5. The Bertz CT molecular complexity index is 968. The maximum Gasteiger partial charge on any atom is 0.273 e. The molecule has 1 amide bonds. The van der Waals surface area contributed by atoms with Crippen molar-refractivity contribution >= 4 is 17.2 Å². The van der Waals surface area contributed by atoms with Crippen molar-refractivity contribution in [1.29, 1.82) is 5.26 Å². The van der Waals surface area contributed by atoms with Crippen LogP contribution in [0.5, 0.6) is 0 Å². The van der Waals surface area contributed by atoms with Crippen molar-refractivity contribution in [1.82, 2.24) is 30.5 Å². The van der Waals surface area contributed by atoms with Crippen molar-refractivity contribution in [3.63, 3.8) is 0 Å². The Kier molecular flexibility index (Phi) is 4.18. The van der Waals surface area contributed by atoms with Gasteiger partial charge >= 0.3 is 0 Å². The molecule has 0 unspecified atom stereocenters. The quantitative estimate of drug-likeness (QED) is 0.716. The molecule has 2 heterocycles. The summed E-state index contributed by atoms with van der Waals surface area (Å²) in [6, 6.07) is 12.1.